The summed E-state index contributed by atoms with van der Waals surface area (Å²) in [6.07, 6.45) is 4.43. The molecule has 84 valence electrons. The third-order valence-electron chi connectivity index (χ3n) is 2.43. The maximum atomic E-state index is 13.0. The Hall–Kier alpha value is -1.75. The van der Waals surface area contributed by atoms with Crippen LogP contribution in [0.25, 0.3) is 11.3 Å². The van der Waals surface area contributed by atoms with E-state index < -0.39 is 0 Å². The first-order chi connectivity index (χ1) is 7.70. The number of imidazole rings is 1. The summed E-state index contributed by atoms with van der Waals surface area (Å²) in [5.41, 5.74) is 6.98. The number of pyridine rings is 1. The van der Waals surface area contributed by atoms with Crippen LogP contribution in [0.3, 0.4) is 0 Å². The molecule has 0 aliphatic heterocycles. The van der Waals surface area contributed by atoms with E-state index in [1.807, 2.05) is 6.92 Å². The van der Waals surface area contributed by atoms with E-state index in [-0.39, 0.29) is 11.7 Å². The van der Waals surface area contributed by atoms with E-state index in [1.165, 1.54) is 12.3 Å². The quantitative estimate of drug-likeness (QED) is 0.826. The number of nitrogens with one attached hydrogen (secondary N) is 1. The molecule has 2 rings (SSSR count). The normalized spacial score (nSPS) is 12.7. The Morgan fingerprint density at radius 1 is 1.44 bits per heavy atom. The maximum Gasteiger partial charge on any atom is 0.142 e. The molecule has 0 saturated heterocycles. The second kappa shape index (κ2) is 4.40. The van der Waals surface area contributed by atoms with E-state index in [0.29, 0.717) is 12.1 Å². The van der Waals surface area contributed by atoms with Crippen LogP contribution in [0.2, 0.25) is 0 Å². The fraction of sp³-hybridized carbons (Fsp3) is 0.273. The summed E-state index contributed by atoms with van der Waals surface area (Å²) in [6.45, 7) is 2.50. The minimum absolute atomic E-state index is 0.162. The van der Waals surface area contributed by atoms with Crippen molar-refractivity contribution in [2.75, 3.05) is 6.54 Å². The molecule has 0 aliphatic carbocycles. The predicted molar refractivity (Wildman–Crippen MR) is 59.2 cm³/mol. The van der Waals surface area contributed by atoms with Crippen LogP contribution in [0.15, 0.2) is 24.7 Å². The van der Waals surface area contributed by atoms with Crippen molar-refractivity contribution in [3.05, 3.63) is 36.3 Å². The molecule has 5 heteroatoms. The lowest BCUT2D eigenvalue weighted by Crippen LogP contribution is -2.10. The first-order valence-corrected chi connectivity index (χ1v) is 5.06. The number of halogens is 1. The lowest BCUT2D eigenvalue weighted by atomic mass is 10.2. The minimum Gasteiger partial charge on any atom is -0.342 e. The largest absolute Gasteiger partial charge is 0.342 e. The predicted octanol–water partition coefficient (Wildman–Crippen LogP) is 1.67. The molecule has 2 heterocycles. The van der Waals surface area contributed by atoms with Gasteiger partial charge >= 0.3 is 0 Å². The second-order valence-electron chi connectivity index (χ2n) is 3.71. The molecule has 2 aromatic heterocycles. The van der Waals surface area contributed by atoms with E-state index in [0.717, 1.165) is 11.5 Å². The number of hydrogen-bond donors (Lipinski definition) is 2. The molecule has 0 saturated carbocycles. The van der Waals surface area contributed by atoms with Gasteiger partial charge in [0.25, 0.3) is 0 Å². The molecule has 0 aromatic carbocycles. The summed E-state index contributed by atoms with van der Waals surface area (Å²) in [6, 6.07) is 1.41. The van der Waals surface area contributed by atoms with E-state index in [9.17, 15) is 4.39 Å². The van der Waals surface area contributed by atoms with E-state index in [4.69, 9.17) is 5.73 Å². The number of aromatic amines is 1. The van der Waals surface area contributed by atoms with Crippen molar-refractivity contribution in [2.45, 2.75) is 12.8 Å². The highest BCUT2D eigenvalue weighted by Gasteiger charge is 2.09. The van der Waals surface area contributed by atoms with Gasteiger partial charge in [0.1, 0.15) is 11.6 Å². The van der Waals surface area contributed by atoms with Crippen LogP contribution in [0.5, 0.6) is 0 Å². The summed E-state index contributed by atoms with van der Waals surface area (Å²) in [7, 11) is 0. The Balaban J connectivity index is 2.31. The molecule has 1 unspecified atom stereocenters. The van der Waals surface area contributed by atoms with E-state index >= 15 is 0 Å². The average molecular weight is 220 g/mol. The molecule has 2 aromatic rings. The van der Waals surface area contributed by atoms with Crippen LogP contribution in [0, 0.1) is 5.82 Å². The Labute approximate surface area is 92.7 Å². The Morgan fingerprint density at radius 3 is 2.94 bits per heavy atom. The monoisotopic (exact) mass is 220 g/mol. The van der Waals surface area contributed by atoms with Crippen LogP contribution in [-0.2, 0) is 0 Å². The smallest absolute Gasteiger partial charge is 0.142 e. The molecule has 4 nitrogen and oxygen atoms in total. The maximum absolute atomic E-state index is 13.0. The summed E-state index contributed by atoms with van der Waals surface area (Å²) in [5, 5.41) is 0. The van der Waals surface area contributed by atoms with Gasteiger partial charge in [-0.15, -0.1) is 0 Å². The summed E-state index contributed by atoms with van der Waals surface area (Å²) in [5.74, 6) is 0.609. The van der Waals surface area contributed by atoms with Crippen molar-refractivity contribution in [1.29, 1.82) is 0 Å². The zero-order valence-corrected chi connectivity index (χ0v) is 8.94. The molecule has 16 heavy (non-hydrogen) atoms. The van der Waals surface area contributed by atoms with Gasteiger partial charge in [-0.1, -0.05) is 6.92 Å². The van der Waals surface area contributed by atoms with Gasteiger partial charge in [0.2, 0.25) is 0 Å². The first kappa shape index (κ1) is 10.8. The molecule has 0 spiro atoms. The van der Waals surface area contributed by atoms with Crippen molar-refractivity contribution in [3.63, 3.8) is 0 Å². The first-order valence-electron chi connectivity index (χ1n) is 5.06. The lowest BCUT2D eigenvalue weighted by molar-refractivity contribution is 0.622. The highest BCUT2D eigenvalue weighted by atomic mass is 19.1. The molecule has 3 N–H and O–H groups in total. The molecule has 0 aliphatic rings. The molecule has 0 radical (unpaired) electrons. The number of H-pyrrole nitrogens is 1. The SMILES string of the molecule is CC(CN)c1ncc(-c2cncc(F)c2)[nH]1. The van der Waals surface area contributed by atoms with Gasteiger partial charge in [-0.2, -0.15) is 0 Å². The Bertz CT molecular complexity index is 480. The van der Waals surface area contributed by atoms with Crippen LogP contribution in [0.4, 0.5) is 4.39 Å². The molecular formula is C11H13FN4. The van der Waals surface area contributed by atoms with Crippen molar-refractivity contribution >= 4 is 0 Å². The van der Waals surface area contributed by atoms with Crippen molar-refractivity contribution in [3.8, 4) is 11.3 Å². The van der Waals surface area contributed by atoms with Crippen LogP contribution in [0.1, 0.15) is 18.7 Å². The highest BCUT2D eigenvalue weighted by Crippen LogP contribution is 2.19. The van der Waals surface area contributed by atoms with Gasteiger partial charge < -0.3 is 10.7 Å². The van der Waals surface area contributed by atoms with Gasteiger partial charge in [-0.25, -0.2) is 9.37 Å². The summed E-state index contributed by atoms with van der Waals surface area (Å²) >= 11 is 0. The van der Waals surface area contributed by atoms with Crippen LogP contribution in [-0.4, -0.2) is 21.5 Å². The third-order valence-corrected chi connectivity index (χ3v) is 2.43. The minimum atomic E-state index is -0.361. The van der Waals surface area contributed by atoms with E-state index in [2.05, 4.69) is 15.0 Å². The lowest BCUT2D eigenvalue weighted by Gasteiger charge is -2.03. The number of rotatable bonds is 3. The molecule has 0 amide bonds. The molecule has 0 bridgehead atoms. The van der Waals surface area contributed by atoms with Crippen molar-refractivity contribution < 1.29 is 4.39 Å². The third kappa shape index (κ3) is 2.09. The van der Waals surface area contributed by atoms with Crippen molar-refractivity contribution in [1.82, 2.24) is 15.0 Å². The van der Waals surface area contributed by atoms with E-state index in [1.54, 1.807) is 12.4 Å². The topological polar surface area (TPSA) is 67.6 Å². The van der Waals surface area contributed by atoms with Gasteiger partial charge in [-0.05, 0) is 6.07 Å². The standard InChI is InChI=1S/C11H13FN4/c1-7(3-13)11-15-6-10(16-11)8-2-9(12)5-14-4-8/h2,4-7H,3,13H2,1H3,(H,15,16). The zero-order valence-electron chi connectivity index (χ0n) is 8.94. The summed E-state index contributed by atoms with van der Waals surface area (Å²) < 4.78 is 13.0. The zero-order chi connectivity index (χ0) is 11.5. The second-order valence-corrected chi connectivity index (χ2v) is 3.71. The van der Waals surface area contributed by atoms with Crippen LogP contribution < -0.4 is 5.73 Å². The highest BCUT2D eigenvalue weighted by molar-refractivity contribution is 5.57. The van der Waals surface area contributed by atoms with Gasteiger partial charge in [-0.3, -0.25) is 4.98 Å². The van der Waals surface area contributed by atoms with Crippen LogP contribution >= 0.6 is 0 Å². The molecule has 1 atom stereocenters. The average Bonchev–Trinajstić information content (AvgIpc) is 2.77. The van der Waals surface area contributed by atoms with Crippen molar-refractivity contribution in [2.24, 2.45) is 5.73 Å². The number of nitrogens with two attached hydrogens (primary N) is 1. The van der Waals surface area contributed by atoms with Gasteiger partial charge in [0.05, 0.1) is 18.1 Å². The molecular weight excluding hydrogens is 207 g/mol. The number of nitrogens with zero attached hydrogens (tertiary/aromatic N) is 2. The Morgan fingerprint density at radius 2 is 2.25 bits per heavy atom. The van der Waals surface area contributed by atoms with Gasteiger partial charge in [0.15, 0.2) is 0 Å². The number of hydrogen-bond acceptors (Lipinski definition) is 3. The summed E-state index contributed by atoms with van der Waals surface area (Å²) in [4.78, 5) is 11.1. The van der Waals surface area contributed by atoms with Gasteiger partial charge in [0, 0.05) is 24.2 Å². The number of aromatic nitrogens is 3. The fourth-order valence-electron chi connectivity index (χ4n) is 1.40. The Kier molecular flexibility index (Phi) is 2.96. The fourth-order valence-corrected chi connectivity index (χ4v) is 1.40. The molecule has 0 fully saturated rings.